The van der Waals surface area contributed by atoms with Crippen LogP contribution in [0, 0.1) is 0 Å². The maximum absolute atomic E-state index is 11.9. The number of hydrogen-bond donors (Lipinski definition) is 1. The Morgan fingerprint density at radius 3 is 2.85 bits per heavy atom. The van der Waals surface area contributed by atoms with Crippen molar-refractivity contribution >= 4 is 52.2 Å². The molecule has 0 spiro atoms. The molecule has 0 aliphatic heterocycles. The summed E-state index contributed by atoms with van der Waals surface area (Å²) in [6.45, 7) is -0.337. The van der Waals surface area contributed by atoms with Gasteiger partial charge in [0.05, 0.1) is 0 Å². The number of amides is 1. The lowest BCUT2D eigenvalue weighted by Gasteiger charge is -2.07. The highest BCUT2D eigenvalue weighted by Gasteiger charge is 2.12. The SMILES string of the molecule is CSc1cccc(NC(=O)COC(=O)CSc2nc3ccccc3o2)c1. The summed E-state index contributed by atoms with van der Waals surface area (Å²) in [4.78, 5) is 29.0. The van der Waals surface area contributed by atoms with Crippen LogP contribution in [0.4, 0.5) is 5.69 Å². The van der Waals surface area contributed by atoms with Gasteiger partial charge < -0.3 is 14.5 Å². The number of carbonyl (C=O) groups is 2. The molecular weight excluding hydrogens is 372 g/mol. The number of thioether (sulfide) groups is 2. The van der Waals surface area contributed by atoms with Gasteiger partial charge in [0.15, 0.2) is 12.2 Å². The molecule has 1 aromatic heterocycles. The van der Waals surface area contributed by atoms with E-state index in [4.69, 9.17) is 9.15 Å². The largest absolute Gasteiger partial charge is 0.455 e. The smallest absolute Gasteiger partial charge is 0.316 e. The summed E-state index contributed by atoms with van der Waals surface area (Å²) in [5, 5.41) is 3.09. The second-order valence-corrected chi connectivity index (χ2v) is 6.98. The lowest BCUT2D eigenvalue weighted by molar-refractivity contribution is -0.144. The van der Waals surface area contributed by atoms with E-state index < -0.39 is 5.97 Å². The van der Waals surface area contributed by atoms with Crippen molar-refractivity contribution in [2.24, 2.45) is 0 Å². The van der Waals surface area contributed by atoms with Gasteiger partial charge in [-0.25, -0.2) is 4.98 Å². The van der Waals surface area contributed by atoms with E-state index in [2.05, 4.69) is 10.3 Å². The number of fused-ring (bicyclic) bond motifs is 1. The van der Waals surface area contributed by atoms with Gasteiger partial charge in [0, 0.05) is 10.6 Å². The van der Waals surface area contributed by atoms with Gasteiger partial charge in [0.25, 0.3) is 11.1 Å². The Labute approximate surface area is 158 Å². The summed E-state index contributed by atoms with van der Waals surface area (Å²) in [5.41, 5.74) is 2.06. The third-order valence-corrected chi connectivity index (χ3v) is 4.83. The topological polar surface area (TPSA) is 81.4 Å². The van der Waals surface area contributed by atoms with Gasteiger partial charge in [-0.1, -0.05) is 30.0 Å². The van der Waals surface area contributed by atoms with Crippen LogP contribution < -0.4 is 5.32 Å². The van der Waals surface area contributed by atoms with Gasteiger partial charge in [-0.2, -0.15) is 0 Å². The molecular formula is C18H16N2O4S2. The Bertz CT molecular complexity index is 893. The van der Waals surface area contributed by atoms with Crippen LogP contribution >= 0.6 is 23.5 Å². The number of carbonyl (C=O) groups excluding carboxylic acids is 2. The molecule has 8 heteroatoms. The molecule has 0 unspecified atom stereocenters. The van der Waals surface area contributed by atoms with Gasteiger partial charge in [-0.15, -0.1) is 11.8 Å². The number of esters is 1. The first kappa shape index (κ1) is 18.3. The highest BCUT2D eigenvalue weighted by atomic mass is 32.2. The molecule has 0 fully saturated rings. The van der Waals surface area contributed by atoms with E-state index in [0.29, 0.717) is 16.5 Å². The Hall–Kier alpha value is -2.45. The average molecular weight is 388 g/mol. The van der Waals surface area contributed by atoms with E-state index in [1.807, 2.05) is 42.7 Å². The van der Waals surface area contributed by atoms with Crippen LogP contribution in [0.5, 0.6) is 0 Å². The van der Waals surface area contributed by atoms with E-state index in [1.165, 1.54) is 0 Å². The molecule has 0 radical (unpaired) electrons. The standard InChI is InChI=1S/C18H16N2O4S2/c1-25-13-6-4-5-12(9-13)19-16(21)10-23-17(22)11-26-18-20-14-7-2-3-8-15(14)24-18/h2-9H,10-11H2,1H3,(H,19,21). The molecule has 1 heterocycles. The Morgan fingerprint density at radius 2 is 2.04 bits per heavy atom. The van der Waals surface area contributed by atoms with Crippen LogP contribution in [-0.4, -0.2) is 35.5 Å². The van der Waals surface area contributed by atoms with Gasteiger partial charge in [0.1, 0.15) is 11.3 Å². The van der Waals surface area contributed by atoms with Crippen LogP contribution in [0.15, 0.2) is 63.1 Å². The van der Waals surface area contributed by atoms with Crippen molar-refractivity contribution in [3.05, 3.63) is 48.5 Å². The van der Waals surface area contributed by atoms with Gasteiger partial charge in [-0.3, -0.25) is 9.59 Å². The summed E-state index contributed by atoms with van der Waals surface area (Å²) >= 11 is 2.71. The third kappa shape index (κ3) is 5.03. The highest BCUT2D eigenvalue weighted by Crippen LogP contribution is 2.23. The zero-order valence-electron chi connectivity index (χ0n) is 13.9. The lowest BCUT2D eigenvalue weighted by Crippen LogP contribution is -2.21. The van der Waals surface area contributed by atoms with Crippen molar-refractivity contribution in [1.29, 1.82) is 0 Å². The third-order valence-electron chi connectivity index (χ3n) is 3.31. The molecule has 3 aromatic rings. The van der Waals surface area contributed by atoms with Crippen molar-refractivity contribution in [2.45, 2.75) is 10.1 Å². The summed E-state index contributed by atoms with van der Waals surface area (Å²) < 4.78 is 10.5. The Morgan fingerprint density at radius 1 is 1.19 bits per heavy atom. The predicted octanol–water partition coefficient (Wildman–Crippen LogP) is 3.82. The lowest BCUT2D eigenvalue weighted by atomic mass is 10.3. The molecule has 134 valence electrons. The predicted molar refractivity (Wildman–Crippen MR) is 103 cm³/mol. The minimum Gasteiger partial charge on any atom is -0.455 e. The number of oxazole rings is 1. The monoisotopic (exact) mass is 388 g/mol. The van der Waals surface area contributed by atoms with E-state index in [0.717, 1.165) is 22.2 Å². The first-order chi connectivity index (χ1) is 12.6. The number of nitrogens with one attached hydrogen (secondary N) is 1. The number of hydrogen-bond acceptors (Lipinski definition) is 7. The number of para-hydroxylation sites is 2. The summed E-state index contributed by atoms with van der Waals surface area (Å²) in [6.07, 6.45) is 1.96. The second kappa shape index (κ2) is 8.77. The van der Waals surface area contributed by atoms with Gasteiger partial charge in [-0.05, 0) is 36.6 Å². The van der Waals surface area contributed by atoms with Crippen LogP contribution in [0.2, 0.25) is 0 Å². The molecule has 6 nitrogen and oxygen atoms in total. The molecule has 0 atom stereocenters. The van der Waals surface area contributed by atoms with Crippen molar-refractivity contribution in [3.63, 3.8) is 0 Å². The van der Waals surface area contributed by atoms with Crippen molar-refractivity contribution < 1.29 is 18.7 Å². The fourth-order valence-corrected chi connectivity index (χ4v) is 3.21. The normalized spacial score (nSPS) is 10.7. The molecule has 0 saturated carbocycles. The average Bonchev–Trinajstić information content (AvgIpc) is 3.08. The highest BCUT2D eigenvalue weighted by molar-refractivity contribution is 7.99. The van der Waals surface area contributed by atoms with Crippen LogP contribution in [0.25, 0.3) is 11.1 Å². The molecule has 2 aromatic carbocycles. The zero-order valence-corrected chi connectivity index (χ0v) is 15.6. The van der Waals surface area contributed by atoms with Crippen LogP contribution in [0.1, 0.15) is 0 Å². The maximum Gasteiger partial charge on any atom is 0.316 e. The quantitative estimate of drug-likeness (QED) is 0.487. The van der Waals surface area contributed by atoms with Crippen molar-refractivity contribution in [3.8, 4) is 0 Å². The first-order valence-corrected chi connectivity index (χ1v) is 9.93. The molecule has 0 saturated heterocycles. The number of aromatic nitrogens is 1. The van der Waals surface area contributed by atoms with Crippen molar-refractivity contribution in [2.75, 3.05) is 23.9 Å². The minimum atomic E-state index is -0.509. The number of rotatable bonds is 7. The van der Waals surface area contributed by atoms with E-state index in [-0.39, 0.29) is 18.3 Å². The summed E-state index contributed by atoms with van der Waals surface area (Å²) in [7, 11) is 0. The molecule has 0 bridgehead atoms. The molecule has 1 amide bonds. The van der Waals surface area contributed by atoms with E-state index in [1.54, 1.807) is 23.9 Å². The molecule has 1 N–H and O–H groups in total. The molecule has 26 heavy (non-hydrogen) atoms. The summed E-state index contributed by atoms with van der Waals surface area (Å²) in [5.74, 6) is -0.879. The van der Waals surface area contributed by atoms with E-state index in [9.17, 15) is 9.59 Å². The number of benzene rings is 2. The molecule has 3 rings (SSSR count). The fourth-order valence-electron chi connectivity index (χ4n) is 2.12. The summed E-state index contributed by atoms with van der Waals surface area (Å²) in [6, 6.07) is 14.8. The van der Waals surface area contributed by atoms with Gasteiger partial charge >= 0.3 is 5.97 Å². The number of anilines is 1. The Kier molecular flexibility index (Phi) is 6.19. The second-order valence-electron chi connectivity index (χ2n) is 5.18. The van der Waals surface area contributed by atoms with Gasteiger partial charge in [0.2, 0.25) is 0 Å². The Balaban J connectivity index is 1.43. The number of nitrogens with zero attached hydrogens (tertiary/aromatic N) is 1. The van der Waals surface area contributed by atoms with E-state index >= 15 is 0 Å². The molecule has 0 aliphatic carbocycles. The van der Waals surface area contributed by atoms with Crippen LogP contribution in [-0.2, 0) is 14.3 Å². The minimum absolute atomic E-state index is 0.0159. The zero-order chi connectivity index (χ0) is 18.4. The van der Waals surface area contributed by atoms with Crippen LogP contribution in [0.3, 0.4) is 0 Å². The van der Waals surface area contributed by atoms with Crippen molar-refractivity contribution in [1.82, 2.24) is 4.98 Å². The maximum atomic E-state index is 11.9. The fraction of sp³-hybridized carbons (Fsp3) is 0.167. The number of ether oxygens (including phenoxy) is 1. The first-order valence-electron chi connectivity index (χ1n) is 7.72. The molecule has 0 aliphatic rings.